The summed E-state index contributed by atoms with van der Waals surface area (Å²) in [5.41, 5.74) is 1.49. The number of hydrogen-bond donors (Lipinski definition) is 1. The lowest BCUT2D eigenvalue weighted by Crippen LogP contribution is -2.04. The highest BCUT2D eigenvalue weighted by Crippen LogP contribution is 2.40. The van der Waals surface area contributed by atoms with E-state index in [-0.39, 0.29) is 0 Å². The summed E-state index contributed by atoms with van der Waals surface area (Å²) >= 11 is 3.56. The van der Waals surface area contributed by atoms with Gasteiger partial charge in [-0.1, -0.05) is 13.0 Å². The number of hydrogen-bond acceptors (Lipinski definition) is 5. The van der Waals surface area contributed by atoms with Gasteiger partial charge in [0, 0.05) is 11.4 Å². The molecule has 0 spiro atoms. The van der Waals surface area contributed by atoms with E-state index in [0.29, 0.717) is 0 Å². The molecule has 21 heavy (non-hydrogen) atoms. The van der Waals surface area contributed by atoms with Crippen LogP contribution in [0.1, 0.15) is 30.2 Å². The first-order valence-electron chi connectivity index (χ1n) is 7.47. The van der Waals surface area contributed by atoms with Gasteiger partial charge in [0.25, 0.3) is 0 Å². The van der Waals surface area contributed by atoms with Crippen molar-refractivity contribution < 1.29 is 0 Å². The number of thiophene rings is 2. The second kappa shape index (κ2) is 5.39. The predicted octanol–water partition coefficient (Wildman–Crippen LogP) is 4.73. The molecule has 3 heterocycles. The predicted molar refractivity (Wildman–Crippen MR) is 91.5 cm³/mol. The lowest BCUT2D eigenvalue weighted by Gasteiger charge is -2.08. The first-order chi connectivity index (χ1) is 10.4. The van der Waals surface area contributed by atoms with E-state index in [1.807, 2.05) is 11.3 Å². The van der Waals surface area contributed by atoms with Crippen molar-refractivity contribution in [3.8, 4) is 10.7 Å². The van der Waals surface area contributed by atoms with Crippen LogP contribution in [-0.2, 0) is 12.8 Å². The Labute approximate surface area is 132 Å². The average molecular weight is 315 g/mol. The Morgan fingerprint density at radius 3 is 3.05 bits per heavy atom. The van der Waals surface area contributed by atoms with Crippen molar-refractivity contribution in [1.29, 1.82) is 0 Å². The molecule has 1 N–H and O–H groups in total. The largest absolute Gasteiger partial charge is 0.369 e. The molecule has 0 saturated heterocycles. The van der Waals surface area contributed by atoms with Crippen molar-refractivity contribution in [2.75, 3.05) is 11.9 Å². The Kier molecular flexibility index (Phi) is 3.39. The minimum Gasteiger partial charge on any atom is -0.369 e. The smallest absolute Gasteiger partial charge is 0.173 e. The van der Waals surface area contributed by atoms with Gasteiger partial charge in [-0.05, 0) is 42.7 Å². The zero-order chi connectivity index (χ0) is 14.2. The molecule has 0 bridgehead atoms. The maximum Gasteiger partial charge on any atom is 0.173 e. The van der Waals surface area contributed by atoms with Crippen molar-refractivity contribution in [3.05, 3.63) is 28.0 Å². The first kappa shape index (κ1) is 13.2. The molecule has 0 aliphatic heterocycles. The number of rotatable bonds is 4. The molecular formula is C16H17N3S2. The van der Waals surface area contributed by atoms with Crippen LogP contribution in [0.15, 0.2) is 17.5 Å². The highest BCUT2D eigenvalue weighted by atomic mass is 32.1. The highest BCUT2D eigenvalue weighted by Gasteiger charge is 2.22. The molecule has 1 aliphatic rings. The third-order valence-corrected chi connectivity index (χ3v) is 5.90. The molecule has 0 aromatic carbocycles. The molecule has 5 heteroatoms. The van der Waals surface area contributed by atoms with Gasteiger partial charge in [0.15, 0.2) is 5.82 Å². The fourth-order valence-corrected chi connectivity index (χ4v) is 4.80. The van der Waals surface area contributed by atoms with Crippen molar-refractivity contribution in [3.63, 3.8) is 0 Å². The lowest BCUT2D eigenvalue weighted by molar-refractivity contribution is 0.916. The molecule has 0 unspecified atom stereocenters. The van der Waals surface area contributed by atoms with Gasteiger partial charge in [-0.15, -0.1) is 22.7 Å². The van der Waals surface area contributed by atoms with E-state index in [2.05, 4.69) is 29.8 Å². The van der Waals surface area contributed by atoms with E-state index in [9.17, 15) is 0 Å². The summed E-state index contributed by atoms with van der Waals surface area (Å²) < 4.78 is 0. The van der Waals surface area contributed by atoms with Gasteiger partial charge in [-0.25, -0.2) is 9.97 Å². The van der Waals surface area contributed by atoms with Crippen LogP contribution in [0, 0.1) is 0 Å². The second-order valence-electron chi connectivity index (χ2n) is 5.34. The van der Waals surface area contributed by atoms with Crippen LogP contribution >= 0.6 is 22.7 Å². The number of aromatic nitrogens is 2. The number of nitrogens with one attached hydrogen (secondary N) is 1. The summed E-state index contributed by atoms with van der Waals surface area (Å²) in [5, 5.41) is 6.87. The van der Waals surface area contributed by atoms with E-state index < -0.39 is 0 Å². The highest BCUT2D eigenvalue weighted by molar-refractivity contribution is 7.19. The maximum atomic E-state index is 4.83. The standard InChI is InChI=1S/C16H17N3S2/c1-2-8-17-15-13-10-5-3-6-11(10)21-16(13)19-14(18-15)12-7-4-9-20-12/h4,7,9H,2-3,5-6,8H2,1H3,(H,17,18,19). The minimum absolute atomic E-state index is 0.857. The van der Waals surface area contributed by atoms with Crippen LogP contribution in [-0.4, -0.2) is 16.5 Å². The molecular weight excluding hydrogens is 298 g/mol. The summed E-state index contributed by atoms with van der Waals surface area (Å²) in [6.45, 7) is 3.14. The number of anilines is 1. The van der Waals surface area contributed by atoms with Gasteiger partial charge >= 0.3 is 0 Å². The van der Waals surface area contributed by atoms with E-state index in [1.54, 1.807) is 11.3 Å². The van der Waals surface area contributed by atoms with E-state index in [0.717, 1.165) is 34.3 Å². The zero-order valence-corrected chi connectivity index (χ0v) is 13.6. The fraction of sp³-hybridized carbons (Fsp3) is 0.375. The Morgan fingerprint density at radius 1 is 1.29 bits per heavy atom. The molecule has 0 saturated carbocycles. The minimum atomic E-state index is 0.857. The lowest BCUT2D eigenvalue weighted by atomic mass is 10.2. The Morgan fingerprint density at radius 2 is 2.24 bits per heavy atom. The summed E-state index contributed by atoms with van der Waals surface area (Å²) in [5.74, 6) is 1.89. The molecule has 3 nitrogen and oxygen atoms in total. The third-order valence-electron chi connectivity index (χ3n) is 3.85. The van der Waals surface area contributed by atoms with Crippen molar-refractivity contribution in [2.45, 2.75) is 32.6 Å². The maximum absolute atomic E-state index is 4.83. The fourth-order valence-electron chi connectivity index (χ4n) is 2.88. The SMILES string of the molecule is CCCNc1nc(-c2cccs2)nc2sc3c(c12)CCC3. The van der Waals surface area contributed by atoms with Gasteiger partial charge in [0.2, 0.25) is 0 Å². The van der Waals surface area contributed by atoms with Crippen LogP contribution in [0.5, 0.6) is 0 Å². The average Bonchev–Trinajstić information content (AvgIpc) is 3.19. The van der Waals surface area contributed by atoms with E-state index in [1.165, 1.54) is 35.1 Å². The second-order valence-corrected chi connectivity index (χ2v) is 7.37. The number of fused-ring (bicyclic) bond motifs is 3. The van der Waals surface area contributed by atoms with Crippen molar-refractivity contribution in [2.24, 2.45) is 0 Å². The molecule has 4 rings (SSSR count). The molecule has 0 fully saturated rings. The van der Waals surface area contributed by atoms with E-state index in [4.69, 9.17) is 9.97 Å². The van der Waals surface area contributed by atoms with Crippen LogP contribution in [0.2, 0.25) is 0 Å². The quantitative estimate of drug-likeness (QED) is 0.756. The molecule has 3 aromatic heterocycles. The zero-order valence-electron chi connectivity index (χ0n) is 12.0. The molecule has 108 valence electrons. The molecule has 0 amide bonds. The van der Waals surface area contributed by atoms with Gasteiger partial charge < -0.3 is 5.32 Å². The first-order valence-corrected chi connectivity index (χ1v) is 9.16. The Hall–Kier alpha value is -1.46. The summed E-state index contributed by atoms with van der Waals surface area (Å²) in [7, 11) is 0. The molecule has 0 atom stereocenters. The van der Waals surface area contributed by atoms with Crippen molar-refractivity contribution >= 4 is 38.7 Å². The normalized spacial score (nSPS) is 13.8. The monoisotopic (exact) mass is 315 g/mol. The Balaban J connectivity index is 1.91. The van der Waals surface area contributed by atoms with E-state index >= 15 is 0 Å². The van der Waals surface area contributed by atoms with Gasteiger partial charge in [0.05, 0.1) is 10.3 Å². The van der Waals surface area contributed by atoms with Gasteiger partial charge in [-0.2, -0.15) is 0 Å². The summed E-state index contributed by atoms with van der Waals surface area (Å²) in [4.78, 5) is 13.5. The number of aryl methyl sites for hydroxylation is 2. The molecule has 3 aromatic rings. The molecule has 0 radical (unpaired) electrons. The van der Waals surface area contributed by atoms with Gasteiger partial charge in [-0.3, -0.25) is 0 Å². The topological polar surface area (TPSA) is 37.8 Å². The summed E-state index contributed by atoms with van der Waals surface area (Å²) in [6.07, 6.45) is 4.76. The van der Waals surface area contributed by atoms with Crippen LogP contribution in [0.3, 0.4) is 0 Å². The van der Waals surface area contributed by atoms with Crippen molar-refractivity contribution in [1.82, 2.24) is 9.97 Å². The summed E-state index contributed by atoms with van der Waals surface area (Å²) in [6, 6.07) is 4.15. The van der Waals surface area contributed by atoms with Crippen LogP contribution in [0.25, 0.3) is 20.9 Å². The van der Waals surface area contributed by atoms with Crippen LogP contribution in [0.4, 0.5) is 5.82 Å². The molecule has 1 aliphatic carbocycles. The van der Waals surface area contributed by atoms with Crippen LogP contribution < -0.4 is 5.32 Å². The third kappa shape index (κ3) is 2.24. The number of nitrogens with zero attached hydrogens (tertiary/aromatic N) is 2. The Bertz CT molecular complexity index is 775. The van der Waals surface area contributed by atoms with Gasteiger partial charge in [0.1, 0.15) is 10.6 Å².